The zero-order valence-corrected chi connectivity index (χ0v) is 15.0. The van der Waals surface area contributed by atoms with Crippen molar-refractivity contribution >= 4 is 15.9 Å². The zero-order valence-electron chi connectivity index (χ0n) is 14.2. The number of sulfonamides is 1. The molecule has 0 bridgehead atoms. The molecule has 0 unspecified atom stereocenters. The summed E-state index contributed by atoms with van der Waals surface area (Å²) < 4.78 is 46.4. The second-order valence-electron chi connectivity index (χ2n) is 6.23. The number of aryl methyl sites for hydroxylation is 1. The van der Waals surface area contributed by atoms with Crippen LogP contribution < -0.4 is 10.2 Å². The molecule has 0 aromatic heterocycles. The Balaban J connectivity index is 2.19. The molecule has 9 heteroatoms. The molecule has 2 atom stereocenters. The monoisotopic (exact) mass is 374 g/mol. The van der Waals surface area contributed by atoms with Crippen molar-refractivity contribution in [3.63, 3.8) is 0 Å². The molecule has 140 valence electrons. The second kappa shape index (κ2) is 8.22. The van der Waals surface area contributed by atoms with Crippen LogP contribution in [-0.2, 0) is 19.6 Å². The molecule has 1 amide bonds. The maximum Gasteiger partial charge on any atom is 0.264 e. The Morgan fingerprint density at radius 1 is 1.36 bits per heavy atom. The summed E-state index contributed by atoms with van der Waals surface area (Å²) in [6.07, 6.45) is 2.92. The molecule has 0 spiro atoms. The smallest absolute Gasteiger partial charge is 0.264 e. The maximum atomic E-state index is 13.4. The lowest BCUT2D eigenvalue weighted by Crippen LogP contribution is -2.53. The fraction of sp³-hybridized carbons (Fsp3) is 0.562. The van der Waals surface area contributed by atoms with E-state index >= 15 is 0 Å². The number of hydroxylamine groups is 1. The predicted molar refractivity (Wildman–Crippen MR) is 88.0 cm³/mol. The van der Waals surface area contributed by atoms with Gasteiger partial charge in [0, 0.05) is 0 Å². The van der Waals surface area contributed by atoms with Gasteiger partial charge in [-0.05, 0) is 50.5 Å². The van der Waals surface area contributed by atoms with Gasteiger partial charge in [-0.1, -0.05) is 12.8 Å². The average Bonchev–Trinajstić information content (AvgIpc) is 3.07. The van der Waals surface area contributed by atoms with Gasteiger partial charge < -0.3 is 4.74 Å². The number of carbonyl (C=O) groups excluding carboxylic acids is 1. The summed E-state index contributed by atoms with van der Waals surface area (Å²) in [5.74, 6) is -1.45. The van der Waals surface area contributed by atoms with E-state index in [1.807, 2.05) is 0 Å². The Kier molecular flexibility index (Phi) is 6.50. The van der Waals surface area contributed by atoms with Crippen molar-refractivity contribution in [2.45, 2.75) is 62.7 Å². The van der Waals surface area contributed by atoms with Gasteiger partial charge >= 0.3 is 0 Å². The second-order valence-corrected chi connectivity index (χ2v) is 7.95. The quantitative estimate of drug-likeness (QED) is 0.497. The van der Waals surface area contributed by atoms with Crippen LogP contribution >= 0.6 is 0 Å². The van der Waals surface area contributed by atoms with Crippen LogP contribution in [0, 0.1) is 12.7 Å². The lowest BCUT2D eigenvalue weighted by atomic mass is 10.2. The van der Waals surface area contributed by atoms with Crippen molar-refractivity contribution in [1.82, 2.24) is 10.2 Å². The summed E-state index contributed by atoms with van der Waals surface area (Å²) in [5, 5.41) is 8.92. The van der Waals surface area contributed by atoms with Gasteiger partial charge in [0.25, 0.3) is 5.91 Å². The highest BCUT2D eigenvalue weighted by Gasteiger charge is 2.33. The number of benzene rings is 1. The maximum absolute atomic E-state index is 13.4. The van der Waals surface area contributed by atoms with Crippen LogP contribution in [0.25, 0.3) is 0 Å². The largest absolute Gasteiger partial charge is 0.373 e. The van der Waals surface area contributed by atoms with Gasteiger partial charge in [-0.3, -0.25) is 10.0 Å². The van der Waals surface area contributed by atoms with Gasteiger partial charge in [-0.2, -0.15) is 4.72 Å². The van der Waals surface area contributed by atoms with E-state index in [-0.39, 0.29) is 16.6 Å². The molecule has 0 saturated heterocycles. The molecule has 1 fully saturated rings. The number of amides is 1. The molecule has 1 saturated carbocycles. The Morgan fingerprint density at radius 2 is 2.00 bits per heavy atom. The van der Waals surface area contributed by atoms with Crippen LogP contribution in [0.1, 0.15) is 38.2 Å². The van der Waals surface area contributed by atoms with Gasteiger partial charge in [0.1, 0.15) is 11.9 Å². The van der Waals surface area contributed by atoms with E-state index in [2.05, 4.69) is 4.72 Å². The number of carbonyl (C=O) groups is 1. The molecule has 1 aromatic carbocycles. The van der Waals surface area contributed by atoms with Crippen LogP contribution in [0.3, 0.4) is 0 Å². The number of ether oxygens (including phenoxy) is 1. The lowest BCUT2D eigenvalue weighted by Gasteiger charge is -2.26. The summed E-state index contributed by atoms with van der Waals surface area (Å²) in [7, 11) is -4.10. The van der Waals surface area contributed by atoms with Crippen molar-refractivity contribution in [3.8, 4) is 0 Å². The van der Waals surface area contributed by atoms with E-state index in [1.54, 1.807) is 6.92 Å². The fourth-order valence-electron chi connectivity index (χ4n) is 2.86. The number of hydrogen-bond acceptors (Lipinski definition) is 5. The van der Waals surface area contributed by atoms with Crippen molar-refractivity contribution in [3.05, 3.63) is 29.6 Å². The standard InChI is InChI=1S/C16H23FN2O5S/c1-10-9-13(7-8-14(10)17)25(22,23)19-15(16(20)18-21)11(2)24-12-5-3-4-6-12/h7-9,11-12,15,19,21H,3-6H2,1-2H3,(H,18,20)/t11-,15-/m1/s1. The highest BCUT2D eigenvalue weighted by atomic mass is 32.2. The van der Waals surface area contributed by atoms with Crippen molar-refractivity contribution in [1.29, 1.82) is 0 Å². The first-order valence-electron chi connectivity index (χ1n) is 8.12. The van der Waals surface area contributed by atoms with Crippen LogP contribution in [0.15, 0.2) is 23.1 Å². The Bertz CT molecular complexity index is 719. The molecule has 3 N–H and O–H groups in total. The van der Waals surface area contributed by atoms with E-state index < -0.39 is 33.9 Å². The van der Waals surface area contributed by atoms with Crippen molar-refractivity contribution in [2.75, 3.05) is 0 Å². The van der Waals surface area contributed by atoms with Crippen LogP contribution in [-0.4, -0.2) is 37.8 Å². The predicted octanol–water partition coefficient (Wildman–Crippen LogP) is 1.63. The first-order chi connectivity index (χ1) is 11.7. The Labute approximate surface area is 146 Å². The molecule has 1 aromatic rings. The SMILES string of the molecule is Cc1cc(S(=O)(=O)N[C@@H](C(=O)NO)[C@@H](C)OC2CCCC2)ccc1F. The van der Waals surface area contributed by atoms with Gasteiger partial charge in [0.2, 0.25) is 10.0 Å². The lowest BCUT2D eigenvalue weighted by molar-refractivity contribution is -0.135. The number of nitrogens with one attached hydrogen (secondary N) is 2. The number of rotatable bonds is 7. The third kappa shape index (κ3) is 4.97. The molecule has 2 rings (SSSR count). The molecule has 0 aliphatic heterocycles. The molecular weight excluding hydrogens is 351 g/mol. The van der Waals surface area contributed by atoms with Gasteiger partial charge in [-0.15, -0.1) is 0 Å². The average molecular weight is 374 g/mol. The molecule has 7 nitrogen and oxygen atoms in total. The molecule has 25 heavy (non-hydrogen) atoms. The van der Waals surface area contributed by atoms with E-state index in [1.165, 1.54) is 18.5 Å². The molecular formula is C16H23FN2O5S. The highest BCUT2D eigenvalue weighted by Crippen LogP contribution is 2.23. The van der Waals surface area contributed by atoms with Gasteiger partial charge in [0.15, 0.2) is 0 Å². The minimum absolute atomic E-state index is 0.0402. The van der Waals surface area contributed by atoms with E-state index in [4.69, 9.17) is 9.94 Å². The topological polar surface area (TPSA) is 105 Å². The van der Waals surface area contributed by atoms with Crippen LogP contribution in [0.5, 0.6) is 0 Å². The van der Waals surface area contributed by atoms with E-state index in [0.717, 1.165) is 37.8 Å². The number of halogens is 1. The number of hydrogen-bond donors (Lipinski definition) is 3. The van der Waals surface area contributed by atoms with Crippen molar-refractivity contribution in [2.24, 2.45) is 0 Å². The molecule has 1 aliphatic carbocycles. The van der Waals surface area contributed by atoms with E-state index in [9.17, 15) is 17.6 Å². The minimum Gasteiger partial charge on any atom is -0.373 e. The third-order valence-corrected chi connectivity index (χ3v) is 5.73. The third-order valence-electron chi connectivity index (χ3n) is 4.29. The Hall–Kier alpha value is -1.55. The van der Waals surface area contributed by atoms with E-state index in [0.29, 0.717) is 0 Å². The van der Waals surface area contributed by atoms with Crippen LogP contribution in [0.4, 0.5) is 4.39 Å². The summed E-state index contributed by atoms with van der Waals surface area (Å²) in [5.41, 5.74) is 1.63. The minimum atomic E-state index is -4.10. The molecule has 0 heterocycles. The molecule has 1 aliphatic rings. The summed E-state index contributed by atoms with van der Waals surface area (Å²) in [6, 6.07) is 2.01. The normalized spacial score (nSPS) is 18.1. The fourth-order valence-corrected chi connectivity index (χ4v) is 4.21. The summed E-state index contributed by atoms with van der Waals surface area (Å²) >= 11 is 0. The van der Waals surface area contributed by atoms with Crippen LogP contribution in [0.2, 0.25) is 0 Å². The van der Waals surface area contributed by atoms with Gasteiger partial charge in [0.05, 0.1) is 17.1 Å². The molecule has 0 radical (unpaired) electrons. The Morgan fingerprint density at radius 3 is 2.56 bits per heavy atom. The van der Waals surface area contributed by atoms with Crippen molar-refractivity contribution < 1.29 is 27.5 Å². The van der Waals surface area contributed by atoms with Gasteiger partial charge in [-0.25, -0.2) is 18.3 Å². The summed E-state index contributed by atoms with van der Waals surface area (Å²) in [6.45, 7) is 3.01. The highest BCUT2D eigenvalue weighted by molar-refractivity contribution is 7.89. The first-order valence-corrected chi connectivity index (χ1v) is 9.61. The summed E-state index contributed by atoms with van der Waals surface area (Å²) in [4.78, 5) is 11.8. The first kappa shape index (κ1) is 19.8. The zero-order chi connectivity index (χ0) is 18.6.